The molecule has 3 aromatic rings. The van der Waals surface area contributed by atoms with Crippen molar-refractivity contribution in [2.45, 2.75) is 40.0 Å². The minimum absolute atomic E-state index is 0.00223. The summed E-state index contributed by atoms with van der Waals surface area (Å²) in [6.07, 6.45) is 2.63. The summed E-state index contributed by atoms with van der Waals surface area (Å²) in [6, 6.07) is 10.5. The number of ether oxygens (including phenoxy) is 3. The molecule has 0 radical (unpaired) electrons. The van der Waals surface area contributed by atoms with Gasteiger partial charge < -0.3 is 19.3 Å². The van der Waals surface area contributed by atoms with E-state index in [1.165, 1.54) is 6.07 Å². The summed E-state index contributed by atoms with van der Waals surface area (Å²) in [4.78, 5) is 13.1. The van der Waals surface area contributed by atoms with Crippen molar-refractivity contribution in [2.24, 2.45) is 0 Å². The lowest BCUT2D eigenvalue weighted by Crippen LogP contribution is -2.03. The summed E-state index contributed by atoms with van der Waals surface area (Å²) in [5.74, 6) is 2.48. The Balaban J connectivity index is 1.99. The number of nitrogens with zero attached hydrogens (tertiary/aromatic N) is 3. The number of hydrogen-bond acceptors (Lipinski definition) is 7. The minimum atomic E-state index is -0.00223. The van der Waals surface area contributed by atoms with E-state index in [9.17, 15) is 5.11 Å². The fraction of sp³-hybridized carbons (Fsp3) is 0.375. The van der Waals surface area contributed by atoms with Gasteiger partial charge in [0.1, 0.15) is 23.0 Å². The van der Waals surface area contributed by atoms with E-state index in [0.29, 0.717) is 54.0 Å². The summed E-state index contributed by atoms with van der Waals surface area (Å²) < 4.78 is 17.2. The molecule has 1 heterocycles. The molecule has 3 rings (SSSR count). The van der Waals surface area contributed by atoms with Gasteiger partial charge in [0.25, 0.3) is 0 Å². The quantitative estimate of drug-likeness (QED) is 0.381. The third kappa shape index (κ3) is 6.01. The monoisotopic (exact) mass is 457 g/mol. The van der Waals surface area contributed by atoms with E-state index < -0.39 is 0 Å². The Bertz CT molecular complexity index is 1050. The number of aromatic hydroxyl groups is 1. The molecule has 0 unspecified atom stereocenters. The van der Waals surface area contributed by atoms with Crippen molar-refractivity contribution in [1.82, 2.24) is 15.0 Å². The van der Waals surface area contributed by atoms with Crippen LogP contribution in [-0.2, 0) is 0 Å². The van der Waals surface area contributed by atoms with Crippen LogP contribution in [0.3, 0.4) is 0 Å². The van der Waals surface area contributed by atoms with Gasteiger partial charge in [-0.3, -0.25) is 0 Å². The molecule has 1 N–H and O–H groups in total. The predicted molar refractivity (Wildman–Crippen MR) is 125 cm³/mol. The molecule has 0 fully saturated rings. The van der Waals surface area contributed by atoms with Crippen LogP contribution in [0.5, 0.6) is 23.0 Å². The molecule has 32 heavy (non-hydrogen) atoms. The fourth-order valence-corrected chi connectivity index (χ4v) is 3.09. The molecule has 8 heteroatoms. The Labute approximate surface area is 193 Å². The van der Waals surface area contributed by atoms with E-state index >= 15 is 0 Å². The number of aromatic nitrogens is 3. The number of halogens is 1. The molecule has 0 saturated heterocycles. The molecule has 0 bridgehead atoms. The maximum absolute atomic E-state index is 10.5. The van der Waals surface area contributed by atoms with Crippen molar-refractivity contribution in [2.75, 3.05) is 19.8 Å². The first-order chi connectivity index (χ1) is 15.5. The second kappa shape index (κ2) is 11.5. The topological polar surface area (TPSA) is 86.6 Å². The predicted octanol–water partition coefficient (Wildman–Crippen LogP) is 5.93. The first kappa shape index (κ1) is 23.6. The highest BCUT2D eigenvalue weighted by molar-refractivity contribution is 6.28. The van der Waals surface area contributed by atoms with Crippen LogP contribution < -0.4 is 14.2 Å². The Hall–Kier alpha value is -3.06. The Morgan fingerprint density at radius 2 is 1.25 bits per heavy atom. The number of benzene rings is 2. The van der Waals surface area contributed by atoms with Crippen molar-refractivity contribution >= 4 is 11.6 Å². The molecule has 0 atom stereocenters. The number of rotatable bonds is 11. The summed E-state index contributed by atoms with van der Waals surface area (Å²) >= 11 is 6.22. The van der Waals surface area contributed by atoms with E-state index in [0.717, 1.165) is 19.3 Å². The normalized spacial score (nSPS) is 10.8. The lowest BCUT2D eigenvalue weighted by Gasteiger charge is -2.14. The van der Waals surface area contributed by atoms with Crippen LogP contribution >= 0.6 is 11.6 Å². The van der Waals surface area contributed by atoms with E-state index in [1.807, 2.05) is 32.0 Å². The molecule has 0 aliphatic carbocycles. The molecule has 0 aliphatic heterocycles. The lowest BCUT2D eigenvalue weighted by atomic mass is 10.1. The van der Waals surface area contributed by atoms with Crippen molar-refractivity contribution in [3.63, 3.8) is 0 Å². The van der Waals surface area contributed by atoms with Gasteiger partial charge >= 0.3 is 0 Å². The molecule has 0 saturated carbocycles. The van der Waals surface area contributed by atoms with Crippen LogP contribution in [-0.4, -0.2) is 39.9 Å². The van der Waals surface area contributed by atoms with Gasteiger partial charge in [0.15, 0.2) is 11.6 Å². The molecule has 2 aromatic carbocycles. The van der Waals surface area contributed by atoms with Gasteiger partial charge in [0.2, 0.25) is 5.28 Å². The number of phenols is 1. The molecular formula is C24H28ClN3O4. The van der Waals surface area contributed by atoms with Crippen LogP contribution in [0.15, 0.2) is 36.4 Å². The van der Waals surface area contributed by atoms with Crippen molar-refractivity contribution in [3.8, 4) is 45.8 Å². The zero-order valence-corrected chi connectivity index (χ0v) is 19.4. The molecular weight excluding hydrogens is 430 g/mol. The highest BCUT2D eigenvalue weighted by Crippen LogP contribution is 2.35. The third-order valence-corrected chi connectivity index (χ3v) is 4.59. The maximum Gasteiger partial charge on any atom is 0.226 e. The van der Waals surface area contributed by atoms with Crippen LogP contribution in [0, 0.1) is 0 Å². The average molecular weight is 458 g/mol. The van der Waals surface area contributed by atoms with E-state index in [4.69, 9.17) is 25.8 Å². The van der Waals surface area contributed by atoms with Gasteiger partial charge in [0, 0.05) is 12.1 Å². The third-order valence-electron chi connectivity index (χ3n) is 4.42. The SMILES string of the molecule is CCCOc1ccc(-c2nc(Cl)nc(-c3ccc(OCCC)cc3OCCC)n2)c(O)c1. The van der Waals surface area contributed by atoms with E-state index in [2.05, 4.69) is 21.9 Å². The molecule has 7 nitrogen and oxygen atoms in total. The van der Waals surface area contributed by atoms with Gasteiger partial charge in [-0.25, -0.2) is 4.98 Å². The highest BCUT2D eigenvalue weighted by atomic mass is 35.5. The van der Waals surface area contributed by atoms with Crippen LogP contribution in [0.1, 0.15) is 40.0 Å². The molecule has 1 aromatic heterocycles. The Morgan fingerprint density at radius 3 is 1.84 bits per heavy atom. The van der Waals surface area contributed by atoms with Crippen LogP contribution in [0.25, 0.3) is 22.8 Å². The zero-order valence-electron chi connectivity index (χ0n) is 18.6. The summed E-state index contributed by atoms with van der Waals surface area (Å²) in [5.41, 5.74) is 1.09. The van der Waals surface area contributed by atoms with Crippen molar-refractivity contribution in [3.05, 3.63) is 41.7 Å². The molecule has 0 amide bonds. The van der Waals surface area contributed by atoms with Gasteiger partial charge in [0.05, 0.1) is 30.9 Å². The summed E-state index contributed by atoms with van der Waals surface area (Å²) in [7, 11) is 0. The second-order valence-corrected chi connectivity index (χ2v) is 7.47. The summed E-state index contributed by atoms with van der Waals surface area (Å²) in [5, 5.41) is 10.5. The Morgan fingerprint density at radius 1 is 0.719 bits per heavy atom. The van der Waals surface area contributed by atoms with Crippen LogP contribution in [0.4, 0.5) is 0 Å². The first-order valence-electron chi connectivity index (χ1n) is 10.8. The summed E-state index contributed by atoms with van der Waals surface area (Å²) in [6.45, 7) is 7.82. The van der Waals surface area contributed by atoms with Crippen molar-refractivity contribution < 1.29 is 19.3 Å². The zero-order chi connectivity index (χ0) is 22.9. The average Bonchev–Trinajstić information content (AvgIpc) is 2.79. The minimum Gasteiger partial charge on any atom is -0.507 e. The highest BCUT2D eigenvalue weighted by Gasteiger charge is 2.17. The Kier molecular flexibility index (Phi) is 8.50. The molecule has 0 spiro atoms. The van der Waals surface area contributed by atoms with E-state index in [1.54, 1.807) is 12.1 Å². The van der Waals surface area contributed by atoms with Gasteiger partial charge in [-0.15, -0.1) is 0 Å². The van der Waals surface area contributed by atoms with Gasteiger partial charge in [-0.1, -0.05) is 20.8 Å². The number of phenolic OH excluding ortho intramolecular Hbond substituents is 1. The van der Waals surface area contributed by atoms with Crippen molar-refractivity contribution in [1.29, 1.82) is 0 Å². The first-order valence-corrected chi connectivity index (χ1v) is 11.2. The van der Waals surface area contributed by atoms with Gasteiger partial charge in [-0.05, 0) is 55.1 Å². The molecule has 170 valence electrons. The molecule has 0 aliphatic rings. The van der Waals surface area contributed by atoms with E-state index in [-0.39, 0.29) is 16.9 Å². The lowest BCUT2D eigenvalue weighted by molar-refractivity contribution is 0.302. The second-order valence-electron chi connectivity index (χ2n) is 7.13. The fourth-order valence-electron chi connectivity index (χ4n) is 2.93. The standard InChI is InChI=1S/C24H28ClN3O4/c1-4-11-30-16-7-9-18(20(29)14-16)22-26-23(28-24(25)27-22)19-10-8-17(31-12-5-2)15-21(19)32-13-6-3/h7-10,14-15,29H,4-6,11-13H2,1-3H3. The largest absolute Gasteiger partial charge is 0.507 e. The van der Waals surface area contributed by atoms with Gasteiger partial charge in [-0.2, -0.15) is 9.97 Å². The van der Waals surface area contributed by atoms with Crippen LogP contribution in [0.2, 0.25) is 5.28 Å². The number of hydrogen-bond donors (Lipinski definition) is 1. The maximum atomic E-state index is 10.5. The smallest absolute Gasteiger partial charge is 0.226 e.